The van der Waals surface area contributed by atoms with E-state index in [0.29, 0.717) is 11.4 Å². The van der Waals surface area contributed by atoms with Gasteiger partial charge in [-0.3, -0.25) is 14.6 Å². The first-order valence-corrected chi connectivity index (χ1v) is 6.51. The Balaban J connectivity index is 2.20. The first-order chi connectivity index (χ1) is 10.1. The van der Waals surface area contributed by atoms with Gasteiger partial charge in [-0.05, 0) is 30.7 Å². The number of hydrogen-bond acceptors (Lipinski definition) is 4. The molecule has 0 radical (unpaired) electrons. The number of esters is 1. The molecule has 1 amide bonds. The molecule has 0 atom stereocenters. The van der Waals surface area contributed by atoms with E-state index in [1.54, 1.807) is 24.4 Å². The molecule has 0 aliphatic carbocycles. The number of aromatic nitrogens is 1. The van der Waals surface area contributed by atoms with Gasteiger partial charge >= 0.3 is 5.97 Å². The van der Waals surface area contributed by atoms with Gasteiger partial charge in [0, 0.05) is 24.4 Å². The third-order valence-corrected chi connectivity index (χ3v) is 2.84. The fourth-order valence-corrected chi connectivity index (χ4v) is 1.80. The molecule has 0 aliphatic heterocycles. The zero-order valence-electron chi connectivity index (χ0n) is 11.9. The molecule has 0 aliphatic rings. The molecule has 1 N–H and O–H groups in total. The van der Waals surface area contributed by atoms with E-state index >= 15 is 0 Å². The van der Waals surface area contributed by atoms with Crippen LogP contribution < -0.4 is 5.32 Å². The summed E-state index contributed by atoms with van der Waals surface area (Å²) >= 11 is 0. The first-order valence-electron chi connectivity index (χ1n) is 6.51. The van der Waals surface area contributed by atoms with Crippen molar-refractivity contribution >= 4 is 17.6 Å². The second-order valence-electron chi connectivity index (χ2n) is 4.61. The number of ether oxygens (including phenoxy) is 1. The van der Waals surface area contributed by atoms with Gasteiger partial charge in [0.2, 0.25) is 0 Å². The van der Waals surface area contributed by atoms with Crippen molar-refractivity contribution in [2.45, 2.75) is 20.5 Å². The minimum absolute atomic E-state index is 0.118. The fraction of sp³-hybridized carbons (Fsp3) is 0.188. The topological polar surface area (TPSA) is 68.3 Å². The maximum Gasteiger partial charge on any atom is 0.302 e. The number of hydrogen-bond donors (Lipinski definition) is 1. The van der Waals surface area contributed by atoms with Crippen molar-refractivity contribution in [2.75, 3.05) is 5.32 Å². The maximum atomic E-state index is 12.1. The van der Waals surface area contributed by atoms with Crippen LogP contribution in [0.25, 0.3) is 0 Å². The number of aryl methyl sites for hydroxylation is 1. The first kappa shape index (κ1) is 14.7. The average Bonchev–Trinajstić information content (AvgIpc) is 2.47. The second-order valence-corrected chi connectivity index (χ2v) is 4.61. The summed E-state index contributed by atoms with van der Waals surface area (Å²) in [6.45, 7) is 3.39. The number of pyridine rings is 1. The number of carbonyl (C=O) groups is 2. The smallest absolute Gasteiger partial charge is 0.302 e. The van der Waals surface area contributed by atoms with Gasteiger partial charge in [0.15, 0.2) is 0 Å². The summed E-state index contributed by atoms with van der Waals surface area (Å²) in [6.07, 6.45) is 1.56. The van der Waals surface area contributed by atoms with Gasteiger partial charge in [-0.15, -0.1) is 0 Å². The highest BCUT2D eigenvalue weighted by molar-refractivity contribution is 6.03. The van der Waals surface area contributed by atoms with Crippen LogP contribution in [-0.4, -0.2) is 16.9 Å². The molecule has 1 aromatic carbocycles. The van der Waals surface area contributed by atoms with Crippen LogP contribution in [-0.2, 0) is 16.1 Å². The van der Waals surface area contributed by atoms with Gasteiger partial charge in [0.25, 0.3) is 5.91 Å². The maximum absolute atomic E-state index is 12.1. The Labute approximate surface area is 123 Å². The van der Waals surface area contributed by atoms with Crippen molar-refractivity contribution in [1.82, 2.24) is 4.98 Å². The van der Waals surface area contributed by atoms with Crippen molar-refractivity contribution in [3.8, 4) is 0 Å². The predicted octanol–water partition coefficient (Wildman–Crippen LogP) is 2.71. The molecule has 0 spiro atoms. The third-order valence-electron chi connectivity index (χ3n) is 2.84. The van der Waals surface area contributed by atoms with Crippen molar-refractivity contribution in [1.29, 1.82) is 0 Å². The number of anilines is 1. The normalized spacial score (nSPS) is 10.0. The monoisotopic (exact) mass is 284 g/mol. The predicted molar refractivity (Wildman–Crippen MR) is 78.8 cm³/mol. The zero-order chi connectivity index (χ0) is 15.2. The molecule has 0 bridgehead atoms. The lowest BCUT2D eigenvalue weighted by atomic mass is 10.1. The van der Waals surface area contributed by atoms with Gasteiger partial charge in [-0.25, -0.2) is 0 Å². The Morgan fingerprint density at radius 3 is 2.71 bits per heavy atom. The van der Waals surface area contributed by atoms with E-state index in [4.69, 9.17) is 4.74 Å². The lowest BCUT2D eigenvalue weighted by Gasteiger charge is -2.12. The van der Waals surface area contributed by atoms with E-state index in [1.807, 2.05) is 25.1 Å². The molecule has 5 nitrogen and oxygen atoms in total. The Morgan fingerprint density at radius 1 is 1.24 bits per heavy atom. The van der Waals surface area contributed by atoms with Crippen LogP contribution in [0.2, 0.25) is 0 Å². The van der Waals surface area contributed by atoms with Gasteiger partial charge in [-0.2, -0.15) is 0 Å². The number of nitrogens with one attached hydrogen (secondary N) is 1. The van der Waals surface area contributed by atoms with Crippen LogP contribution in [0.15, 0.2) is 42.6 Å². The van der Waals surface area contributed by atoms with E-state index in [9.17, 15) is 9.59 Å². The summed E-state index contributed by atoms with van der Waals surface area (Å²) in [7, 11) is 0. The van der Waals surface area contributed by atoms with Crippen molar-refractivity contribution in [3.05, 3.63) is 59.4 Å². The Kier molecular flexibility index (Phi) is 4.66. The third kappa shape index (κ3) is 4.14. The van der Waals surface area contributed by atoms with Gasteiger partial charge in [-0.1, -0.05) is 18.2 Å². The number of rotatable bonds is 4. The molecule has 0 unspecified atom stereocenters. The standard InChI is InChI=1S/C16H16N2O3/c1-11-6-7-13(10-21-12(2)19)15(9-11)18-16(20)14-5-3-4-8-17-14/h3-9H,10H2,1-2H3,(H,18,20). The molecular formula is C16H16N2O3. The summed E-state index contributed by atoms with van der Waals surface area (Å²) in [5, 5.41) is 2.80. The largest absolute Gasteiger partial charge is 0.461 e. The van der Waals surface area contributed by atoms with Crippen LogP contribution >= 0.6 is 0 Å². The van der Waals surface area contributed by atoms with Crippen LogP contribution in [0.3, 0.4) is 0 Å². The lowest BCUT2D eigenvalue weighted by Crippen LogP contribution is -2.15. The van der Waals surface area contributed by atoms with Crippen LogP contribution in [0, 0.1) is 6.92 Å². The Morgan fingerprint density at radius 2 is 2.05 bits per heavy atom. The number of benzene rings is 1. The SMILES string of the molecule is CC(=O)OCc1ccc(C)cc1NC(=O)c1ccccn1. The van der Waals surface area contributed by atoms with E-state index < -0.39 is 0 Å². The second kappa shape index (κ2) is 6.65. The highest BCUT2D eigenvalue weighted by Crippen LogP contribution is 2.19. The molecule has 0 saturated heterocycles. The zero-order valence-corrected chi connectivity index (χ0v) is 11.9. The summed E-state index contributed by atoms with van der Waals surface area (Å²) < 4.78 is 4.99. The summed E-state index contributed by atoms with van der Waals surface area (Å²) in [5.74, 6) is -0.664. The number of amides is 1. The summed E-state index contributed by atoms with van der Waals surface area (Å²) in [4.78, 5) is 27.1. The van der Waals surface area contributed by atoms with Crippen LogP contribution in [0.1, 0.15) is 28.5 Å². The van der Waals surface area contributed by atoms with Crippen molar-refractivity contribution < 1.29 is 14.3 Å². The van der Waals surface area contributed by atoms with E-state index in [0.717, 1.165) is 11.1 Å². The molecule has 0 saturated carbocycles. The molecule has 108 valence electrons. The minimum Gasteiger partial charge on any atom is -0.461 e. The highest BCUT2D eigenvalue weighted by atomic mass is 16.5. The van der Waals surface area contributed by atoms with E-state index in [2.05, 4.69) is 10.3 Å². The van der Waals surface area contributed by atoms with E-state index in [1.165, 1.54) is 6.92 Å². The molecule has 1 aromatic heterocycles. The average molecular weight is 284 g/mol. The quantitative estimate of drug-likeness (QED) is 0.876. The summed E-state index contributed by atoms with van der Waals surface area (Å²) in [5.41, 5.74) is 2.68. The number of carbonyl (C=O) groups excluding carboxylic acids is 2. The molecule has 1 heterocycles. The van der Waals surface area contributed by atoms with Gasteiger partial charge < -0.3 is 10.1 Å². The molecule has 0 fully saturated rings. The Bertz CT molecular complexity index is 654. The number of nitrogens with zero attached hydrogens (tertiary/aromatic N) is 1. The van der Waals surface area contributed by atoms with Crippen molar-refractivity contribution in [3.63, 3.8) is 0 Å². The molecule has 21 heavy (non-hydrogen) atoms. The van der Waals surface area contributed by atoms with Gasteiger partial charge in [0.05, 0.1) is 0 Å². The lowest BCUT2D eigenvalue weighted by molar-refractivity contribution is -0.142. The van der Waals surface area contributed by atoms with E-state index in [-0.39, 0.29) is 18.5 Å². The highest BCUT2D eigenvalue weighted by Gasteiger charge is 2.11. The molecular weight excluding hydrogens is 268 g/mol. The Hall–Kier alpha value is -2.69. The fourth-order valence-electron chi connectivity index (χ4n) is 1.80. The molecule has 5 heteroatoms. The molecule has 2 rings (SSSR count). The van der Waals surface area contributed by atoms with Crippen LogP contribution in [0.4, 0.5) is 5.69 Å². The van der Waals surface area contributed by atoms with Crippen molar-refractivity contribution in [2.24, 2.45) is 0 Å². The molecule has 2 aromatic rings. The van der Waals surface area contributed by atoms with Gasteiger partial charge in [0.1, 0.15) is 12.3 Å². The summed E-state index contributed by atoms with van der Waals surface area (Å²) in [6, 6.07) is 10.7. The van der Waals surface area contributed by atoms with Crippen LogP contribution in [0.5, 0.6) is 0 Å². The minimum atomic E-state index is -0.363.